The van der Waals surface area contributed by atoms with E-state index >= 15 is 0 Å². The summed E-state index contributed by atoms with van der Waals surface area (Å²) in [4.78, 5) is 4.42. The first kappa shape index (κ1) is 18.3. The van der Waals surface area contributed by atoms with Gasteiger partial charge in [-0.05, 0) is 40.3 Å². The van der Waals surface area contributed by atoms with Crippen molar-refractivity contribution >= 4 is 17.8 Å². The number of rotatable bonds is 6. The van der Waals surface area contributed by atoms with Crippen LogP contribution in [0.1, 0.15) is 22.4 Å². The molecule has 0 saturated carbocycles. The molecular weight excluding hydrogens is 358 g/mol. The van der Waals surface area contributed by atoms with Gasteiger partial charge in [0, 0.05) is 6.20 Å². The van der Waals surface area contributed by atoms with Gasteiger partial charge in [-0.15, -0.1) is 11.8 Å². The van der Waals surface area contributed by atoms with E-state index in [1.807, 2.05) is 24.4 Å². The van der Waals surface area contributed by atoms with Crippen LogP contribution in [0.4, 0.5) is 0 Å². The highest BCUT2D eigenvalue weighted by molar-refractivity contribution is 8.03. The molecule has 0 aliphatic heterocycles. The summed E-state index contributed by atoms with van der Waals surface area (Å²) >= 11 is 1.80. The van der Waals surface area contributed by atoms with E-state index in [2.05, 4.69) is 107 Å². The Labute approximate surface area is 170 Å². The summed E-state index contributed by atoms with van der Waals surface area (Å²) in [5, 5.41) is 2.16. The fraction of sp³-hybridized carbons (Fsp3) is 0.0385. The van der Waals surface area contributed by atoms with E-state index in [1.165, 1.54) is 16.7 Å². The maximum Gasteiger partial charge on any atom is 0.0948 e. The molecule has 1 nitrogen and oxygen atoms in total. The van der Waals surface area contributed by atoms with Crippen molar-refractivity contribution in [1.82, 2.24) is 4.98 Å². The van der Waals surface area contributed by atoms with E-state index in [1.54, 1.807) is 11.8 Å². The molecule has 2 heteroatoms. The molecule has 0 unspecified atom stereocenters. The van der Waals surface area contributed by atoms with Gasteiger partial charge in [-0.1, -0.05) is 97.1 Å². The average molecular weight is 380 g/mol. The number of pyridine rings is 1. The maximum absolute atomic E-state index is 4.42. The van der Waals surface area contributed by atoms with Crippen LogP contribution in [0.15, 0.2) is 121 Å². The molecule has 1 heterocycles. The van der Waals surface area contributed by atoms with E-state index in [9.17, 15) is 0 Å². The molecule has 4 rings (SSSR count). The van der Waals surface area contributed by atoms with Crippen LogP contribution in [0, 0.1) is 0 Å². The third kappa shape index (κ3) is 3.78. The van der Waals surface area contributed by atoms with Crippen LogP contribution in [-0.4, -0.2) is 4.98 Å². The van der Waals surface area contributed by atoms with Gasteiger partial charge in [0.05, 0.1) is 10.4 Å². The molecule has 0 amide bonds. The molecule has 0 aliphatic rings. The first-order chi connectivity index (χ1) is 13.9. The second kappa shape index (κ2) is 8.73. The molecule has 0 fully saturated rings. The van der Waals surface area contributed by atoms with Crippen LogP contribution in [0.2, 0.25) is 0 Å². The summed E-state index contributed by atoms with van der Waals surface area (Å²) in [6.45, 7) is 0. The fourth-order valence-electron chi connectivity index (χ4n) is 3.40. The number of hydrogen-bond donors (Lipinski definition) is 0. The van der Waals surface area contributed by atoms with Crippen molar-refractivity contribution in [2.24, 2.45) is 0 Å². The SMILES string of the molecule is C(=Cc1ccccn1)SC(c1ccccc1)(c1ccccc1)c1ccccc1. The molecule has 136 valence electrons. The predicted octanol–water partition coefficient (Wildman–Crippen LogP) is 6.78. The lowest BCUT2D eigenvalue weighted by Crippen LogP contribution is -2.24. The number of thioether (sulfide) groups is 1. The number of hydrogen-bond acceptors (Lipinski definition) is 2. The molecule has 1 aromatic heterocycles. The van der Waals surface area contributed by atoms with E-state index in [-0.39, 0.29) is 4.75 Å². The van der Waals surface area contributed by atoms with Gasteiger partial charge in [0.15, 0.2) is 0 Å². The average Bonchev–Trinajstić information content (AvgIpc) is 2.79. The molecule has 0 N–H and O–H groups in total. The number of aromatic nitrogens is 1. The van der Waals surface area contributed by atoms with Crippen LogP contribution in [0.5, 0.6) is 0 Å². The van der Waals surface area contributed by atoms with E-state index < -0.39 is 0 Å². The van der Waals surface area contributed by atoms with E-state index in [0.29, 0.717) is 0 Å². The Morgan fingerprint density at radius 3 is 1.46 bits per heavy atom. The van der Waals surface area contributed by atoms with Gasteiger partial charge in [-0.3, -0.25) is 4.98 Å². The number of nitrogens with zero attached hydrogens (tertiary/aromatic N) is 1. The zero-order chi connectivity index (χ0) is 19.1. The Morgan fingerprint density at radius 1 is 0.571 bits per heavy atom. The zero-order valence-corrected chi connectivity index (χ0v) is 16.3. The van der Waals surface area contributed by atoms with Gasteiger partial charge < -0.3 is 0 Å². The third-order valence-corrected chi connectivity index (χ3v) is 6.05. The Kier molecular flexibility index (Phi) is 5.69. The van der Waals surface area contributed by atoms with Crippen LogP contribution in [0.25, 0.3) is 6.08 Å². The van der Waals surface area contributed by atoms with Crippen molar-refractivity contribution in [2.45, 2.75) is 4.75 Å². The van der Waals surface area contributed by atoms with Gasteiger partial charge in [-0.25, -0.2) is 0 Å². The van der Waals surface area contributed by atoms with Gasteiger partial charge >= 0.3 is 0 Å². The molecule has 28 heavy (non-hydrogen) atoms. The van der Waals surface area contributed by atoms with Crippen molar-refractivity contribution in [3.8, 4) is 0 Å². The molecule has 0 radical (unpaired) electrons. The lowest BCUT2D eigenvalue weighted by molar-refractivity contribution is 0.900. The highest BCUT2D eigenvalue weighted by Crippen LogP contribution is 2.49. The predicted molar refractivity (Wildman–Crippen MR) is 120 cm³/mol. The molecule has 0 atom stereocenters. The molecule has 4 aromatic rings. The molecule has 3 aromatic carbocycles. The van der Waals surface area contributed by atoms with Crippen molar-refractivity contribution in [1.29, 1.82) is 0 Å². The van der Waals surface area contributed by atoms with Crippen LogP contribution in [-0.2, 0) is 4.75 Å². The normalized spacial score (nSPS) is 11.6. The number of benzene rings is 3. The summed E-state index contributed by atoms with van der Waals surface area (Å²) in [6, 6.07) is 38.1. The third-order valence-electron chi connectivity index (χ3n) is 4.71. The van der Waals surface area contributed by atoms with Gasteiger partial charge in [0.25, 0.3) is 0 Å². The fourth-order valence-corrected chi connectivity index (χ4v) is 4.63. The van der Waals surface area contributed by atoms with Crippen molar-refractivity contribution < 1.29 is 0 Å². The first-order valence-corrected chi connectivity index (χ1v) is 10.2. The molecular formula is C26H21NS. The maximum atomic E-state index is 4.42. The van der Waals surface area contributed by atoms with Gasteiger partial charge in [-0.2, -0.15) is 0 Å². The zero-order valence-electron chi connectivity index (χ0n) is 15.5. The largest absolute Gasteiger partial charge is 0.257 e. The summed E-state index contributed by atoms with van der Waals surface area (Å²) in [6.07, 6.45) is 3.90. The smallest absolute Gasteiger partial charge is 0.0948 e. The second-order valence-corrected chi connectivity index (χ2v) is 7.57. The topological polar surface area (TPSA) is 12.9 Å². The minimum atomic E-state index is -0.338. The Bertz CT molecular complexity index is 916. The summed E-state index contributed by atoms with van der Waals surface area (Å²) < 4.78 is -0.338. The lowest BCUT2D eigenvalue weighted by atomic mass is 9.84. The van der Waals surface area contributed by atoms with E-state index in [4.69, 9.17) is 0 Å². The molecule has 0 bridgehead atoms. The van der Waals surface area contributed by atoms with Gasteiger partial charge in [0.1, 0.15) is 0 Å². The minimum Gasteiger partial charge on any atom is -0.257 e. The molecule has 0 spiro atoms. The Morgan fingerprint density at radius 2 is 1.04 bits per heavy atom. The standard InChI is InChI=1S/C26H21NS/c1-4-12-22(13-5-1)26(23-14-6-2-7-15-23,24-16-8-3-9-17-24)28-21-19-25-18-10-11-20-27-25/h1-21H. The highest BCUT2D eigenvalue weighted by atomic mass is 32.2. The second-order valence-electron chi connectivity index (χ2n) is 6.45. The van der Waals surface area contributed by atoms with Crippen LogP contribution in [0.3, 0.4) is 0 Å². The minimum absolute atomic E-state index is 0.338. The van der Waals surface area contributed by atoms with Crippen molar-refractivity contribution in [3.63, 3.8) is 0 Å². The Balaban J connectivity index is 1.87. The van der Waals surface area contributed by atoms with Crippen LogP contribution < -0.4 is 0 Å². The first-order valence-electron chi connectivity index (χ1n) is 9.31. The summed E-state index contributed by atoms with van der Waals surface area (Å²) in [5.74, 6) is 0. The molecule has 0 saturated heterocycles. The van der Waals surface area contributed by atoms with Crippen molar-refractivity contribution in [3.05, 3.63) is 143 Å². The quantitative estimate of drug-likeness (QED) is 0.343. The lowest BCUT2D eigenvalue weighted by Gasteiger charge is -2.34. The Hall–Kier alpha value is -3.10. The van der Waals surface area contributed by atoms with Gasteiger partial charge in [0.2, 0.25) is 0 Å². The summed E-state index contributed by atoms with van der Waals surface area (Å²) in [7, 11) is 0. The van der Waals surface area contributed by atoms with Crippen LogP contribution >= 0.6 is 11.8 Å². The highest BCUT2D eigenvalue weighted by Gasteiger charge is 2.36. The summed E-state index contributed by atoms with van der Waals surface area (Å²) in [5.41, 5.74) is 4.72. The van der Waals surface area contributed by atoms with Crippen molar-refractivity contribution in [2.75, 3.05) is 0 Å². The molecule has 0 aliphatic carbocycles. The van der Waals surface area contributed by atoms with E-state index in [0.717, 1.165) is 5.69 Å². The monoisotopic (exact) mass is 379 g/mol.